The van der Waals surface area contributed by atoms with Gasteiger partial charge in [0.25, 0.3) is 5.22 Å². The van der Waals surface area contributed by atoms with Gasteiger partial charge >= 0.3 is 0 Å². The van der Waals surface area contributed by atoms with Crippen molar-refractivity contribution in [1.29, 1.82) is 0 Å². The van der Waals surface area contributed by atoms with Crippen LogP contribution in [0.25, 0.3) is 22.6 Å². The topological polar surface area (TPSA) is 94.5 Å². The molecular formula is C23H22N4O4S. The zero-order valence-corrected chi connectivity index (χ0v) is 18.4. The molecule has 0 N–H and O–H groups in total. The molecule has 2 aromatic heterocycles. The summed E-state index contributed by atoms with van der Waals surface area (Å²) in [5, 5.41) is 8.50. The number of rotatable bonds is 6. The van der Waals surface area contributed by atoms with E-state index in [1.165, 1.54) is 11.8 Å². The van der Waals surface area contributed by atoms with Gasteiger partial charge in [-0.3, -0.25) is 4.79 Å². The Hall–Kier alpha value is -3.33. The van der Waals surface area contributed by atoms with Crippen LogP contribution in [0.2, 0.25) is 0 Å². The van der Waals surface area contributed by atoms with Gasteiger partial charge in [0, 0.05) is 24.6 Å². The van der Waals surface area contributed by atoms with Crippen LogP contribution in [0, 0.1) is 0 Å². The number of thioether (sulfide) groups is 1. The summed E-state index contributed by atoms with van der Waals surface area (Å²) in [6.45, 7) is 1.37. The largest absolute Gasteiger partial charge is 0.497 e. The number of nitrogens with zero attached hydrogens (tertiary/aromatic N) is 4. The maximum Gasteiger partial charge on any atom is 0.277 e. The van der Waals surface area contributed by atoms with E-state index < -0.39 is 0 Å². The SMILES string of the molecule is COc1ccc(-c2nnc(SCC(=O)N3CCC(c4nc5ccccc5o4)CC3)o2)cc1. The molecule has 0 bridgehead atoms. The average Bonchev–Trinajstić information content (AvgIpc) is 3.50. The maximum atomic E-state index is 12.7. The summed E-state index contributed by atoms with van der Waals surface area (Å²) in [7, 11) is 1.62. The molecule has 0 saturated carbocycles. The van der Waals surface area contributed by atoms with Gasteiger partial charge in [-0.1, -0.05) is 23.9 Å². The smallest absolute Gasteiger partial charge is 0.277 e. The first-order valence-corrected chi connectivity index (χ1v) is 11.4. The number of benzene rings is 2. The normalized spacial score (nSPS) is 14.7. The fourth-order valence-electron chi connectivity index (χ4n) is 3.77. The van der Waals surface area contributed by atoms with Crippen LogP contribution in [0.4, 0.5) is 0 Å². The first-order chi connectivity index (χ1) is 15.7. The molecule has 3 heterocycles. The number of para-hydroxylation sites is 2. The van der Waals surface area contributed by atoms with Crippen molar-refractivity contribution in [3.63, 3.8) is 0 Å². The van der Waals surface area contributed by atoms with Gasteiger partial charge in [0.2, 0.25) is 11.8 Å². The van der Waals surface area contributed by atoms with Gasteiger partial charge in [-0.05, 0) is 49.2 Å². The molecule has 9 heteroatoms. The highest BCUT2D eigenvalue weighted by Gasteiger charge is 2.27. The Morgan fingerprint density at radius 2 is 1.88 bits per heavy atom. The van der Waals surface area contributed by atoms with Crippen molar-refractivity contribution < 1.29 is 18.4 Å². The fourth-order valence-corrected chi connectivity index (χ4v) is 4.44. The van der Waals surface area contributed by atoms with Crippen LogP contribution in [0.1, 0.15) is 24.7 Å². The van der Waals surface area contributed by atoms with Crippen LogP contribution in [-0.4, -0.2) is 51.9 Å². The minimum atomic E-state index is 0.0650. The Balaban J connectivity index is 1.13. The lowest BCUT2D eigenvalue weighted by molar-refractivity contribution is -0.129. The second-order valence-electron chi connectivity index (χ2n) is 7.57. The number of hydrogen-bond acceptors (Lipinski definition) is 8. The molecule has 32 heavy (non-hydrogen) atoms. The number of hydrogen-bond donors (Lipinski definition) is 0. The van der Waals surface area contributed by atoms with E-state index >= 15 is 0 Å². The van der Waals surface area contributed by atoms with Gasteiger partial charge in [0.15, 0.2) is 11.5 Å². The number of carbonyl (C=O) groups is 1. The van der Waals surface area contributed by atoms with Crippen molar-refractivity contribution in [3.8, 4) is 17.2 Å². The van der Waals surface area contributed by atoms with Gasteiger partial charge in [0.05, 0.1) is 12.9 Å². The van der Waals surface area contributed by atoms with Crippen LogP contribution in [-0.2, 0) is 4.79 Å². The first kappa shape index (κ1) is 20.6. The van der Waals surface area contributed by atoms with Gasteiger partial charge in [-0.15, -0.1) is 10.2 Å². The Kier molecular flexibility index (Phi) is 5.81. The van der Waals surface area contributed by atoms with Gasteiger partial charge in [0.1, 0.15) is 11.3 Å². The molecule has 2 aromatic carbocycles. The summed E-state index contributed by atoms with van der Waals surface area (Å²) in [6.07, 6.45) is 1.68. The molecule has 5 rings (SSSR count). The van der Waals surface area contributed by atoms with Gasteiger partial charge in [-0.25, -0.2) is 4.98 Å². The highest BCUT2D eigenvalue weighted by Crippen LogP contribution is 2.31. The molecule has 1 fully saturated rings. The number of methoxy groups -OCH3 is 1. The zero-order valence-electron chi connectivity index (χ0n) is 17.6. The molecule has 0 atom stereocenters. The molecule has 0 spiro atoms. The molecule has 164 valence electrons. The lowest BCUT2D eigenvalue weighted by atomic mass is 9.97. The minimum absolute atomic E-state index is 0.0650. The second kappa shape index (κ2) is 9.04. The Morgan fingerprint density at radius 1 is 1.09 bits per heavy atom. The molecule has 1 aliphatic rings. The quantitative estimate of drug-likeness (QED) is 0.399. The summed E-state index contributed by atoms with van der Waals surface area (Å²) < 4.78 is 16.8. The number of oxazole rings is 1. The zero-order chi connectivity index (χ0) is 21.9. The Labute approximate surface area is 189 Å². The molecule has 1 saturated heterocycles. The predicted octanol–water partition coefficient (Wildman–Crippen LogP) is 4.38. The number of likely N-dealkylation sites (tertiary alicyclic amines) is 1. The molecule has 0 aliphatic carbocycles. The summed E-state index contributed by atoms with van der Waals surface area (Å²) in [4.78, 5) is 19.2. The third kappa shape index (κ3) is 4.34. The first-order valence-electron chi connectivity index (χ1n) is 10.4. The third-order valence-corrected chi connectivity index (χ3v) is 6.37. The van der Waals surface area contributed by atoms with E-state index in [0.29, 0.717) is 24.2 Å². The Morgan fingerprint density at radius 3 is 2.62 bits per heavy atom. The van der Waals surface area contributed by atoms with Crippen molar-refractivity contribution in [2.75, 3.05) is 26.0 Å². The lowest BCUT2D eigenvalue weighted by Gasteiger charge is -2.30. The van der Waals surface area contributed by atoms with E-state index in [0.717, 1.165) is 41.1 Å². The molecular weight excluding hydrogens is 428 g/mol. The molecule has 8 nitrogen and oxygen atoms in total. The fraction of sp³-hybridized carbons (Fsp3) is 0.304. The van der Waals surface area contributed by atoms with Crippen LogP contribution >= 0.6 is 11.8 Å². The van der Waals surface area contributed by atoms with Crippen molar-refractivity contribution in [1.82, 2.24) is 20.1 Å². The third-order valence-electron chi connectivity index (χ3n) is 5.57. The highest BCUT2D eigenvalue weighted by molar-refractivity contribution is 7.99. The van der Waals surface area contributed by atoms with Gasteiger partial charge < -0.3 is 18.5 Å². The van der Waals surface area contributed by atoms with Crippen molar-refractivity contribution in [3.05, 3.63) is 54.4 Å². The van der Waals surface area contributed by atoms with Crippen LogP contribution in [0.5, 0.6) is 5.75 Å². The summed E-state index contributed by atoms with van der Waals surface area (Å²) in [5.74, 6) is 2.51. The van der Waals surface area contributed by atoms with E-state index in [9.17, 15) is 4.79 Å². The maximum absolute atomic E-state index is 12.7. The number of aromatic nitrogens is 3. The number of piperidine rings is 1. The molecule has 1 aliphatic heterocycles. The van der Waals surface area contributed by atoms with Crippen LogP contribution in [0.3, 0.4) is 0 Å². The number of ether oxygens (including phenoxy) is 1. The molecule has 0 radical (unpaired) electrons. The van der Waals surface area contributed by atoms with Crippen LogP contribution < -0.4 is 4.74 Å². The van der Waals surface area contributed by atoms with E-state index in [1.54, 1.807) is 7.11 Å². The van der Waals surface area contributed by atoms with E-state index in [-0.39, 0.29) is 17.6 Å². The van der Waals surface area contributed by atoms with E-state index in [4.69, 9.17) is 13.6 Å². The molecule has 1 amide bonds. The summed E-state index contributed by atoms with van der Waals surface area (Å²) in [6, 6.07) is 15.2. The second-order valence-corrected chi connectivity index (χ2v) is 8.49. The minimum Gasteiger partial charge on any atom is -0.497 e. The van der Waals surface area contributed by atoms with E-state index in [2.05, 4.69) is 15.2 Å². The lowest BCUT2D eigenvalue weighted by Crippen LogP contribution is -2.39. The highest BCUT2D eigenvalue weighted by atomic mass is 32.2. The van der Waals surface area contributed by atoms with Crippen LogP contribution in [0.15, 0.2) is 62.6 Å². The van der Waals surface area contributed by atoms with E-state index in [1.807, 2.05) is 53.4 Å². The molecule has 0 unspecified atom stereocenters. The van der Waals surface area contributed by atoms with Crippen molar-refractivity contribution in [2.24, 2.45) is 0 Å². The van der Waals surface area contributed by atoms with Crippen molar-refractivity contribution in [2.45, 2.75) is 24.0 Å². The van der Waals surface area contributed by atoms with Crippen molar-refractivity contribution >= 4 is 28.8 Å². The summed E-state index contributed by atoms with van der Waals surface area (Å²) >= 11 is 1.26. The predicted molar refractivity (Wildman–Crippen MR) is 120 cm³/mol. The Bertz CT molecular complexity index is 1180. The number of amides is 1. The standard InChI is InChI=1S/C23H22N4O4S/c1-29-17-8-6-15(7-9-17)22-25-26-23(31-22)32-14-20(28)27-12-10-16(11-13-27)21-24-18-4-2-3-5-19(18)30-21/h2-9,16H,10-14H2,1H3. The number of carbonyl (C=O) groups excluding carboxylic acids is 1. The molecule has 4 aromatic rings. The average molecular weight is 451 g/mol. The monoisotopic (exact) mass is 450 g/mol. The number of fused-ring (bicyclic) bond motifs is 1. The van der Waals surface area contributed by atoms with Gasteiger partial charge in [-0.2, -0.15) is 0 Å². The summed E-state index contributed by atoms with van der Waals surface area (Å²) in [5.41, 5.74) is 2.50.